The van der Waals surface area contributed by atoms with Crippen LogP contribution < -0.4 is 10.0 Å². The van der Waals surface area contributed by atoms with Crippen molar-refractivity contribution in [1.29, 1.82) is 0 Å². The van der Waals surface area contributed by atoms with E-state index in [0.29, 0.717) is 21.6 Å². The molecule has 0 spiro atoms. The minimum Gasteiger partial charge on any atom is -0.351 e. The van der Waals surface area contributed by atoms with Gasteiger partial charge in [0.15, 0.2) is 5.13 Å². The number of nitrogens with one attached hydrogen (secondary N) is 2. The summed E-state index contributed by atoms with van der Waals surface area (Å²) in [6.07, 6.45) is 1.52. The van der Waals surface area contributed by atoms with E-state index in [0.717, 1.165) is 0 Å². The number of fused-ring (bicyclic) bond motifs is 1. The van der Waals surface area contributed by atoms with E-state index in [1.807, 2.05) is 0 Å². The van der Waals surface area contributed by atoms with Gasteiger partial charge in [-0.1, -0.05) is 24.3 Å². The van der Waals surface area contributed by atoms with Crippen molar-refractivity contribution in [3.8, 4) is 0 Å². The van der Waals surface area contributed by atoms with Gasteiger partial charge in [-0.2, -0.15) is 29.8 Å². The van der Waals surface area contributed by atoms with Crippen LogP contribution in [0.4, 0.5) is 15.2 Å². The summed E-state index contributed by atoms with van der Waals surface area (Å²) in [5.74, 6) is -0.864. The van der Waals surface area contributed by atoms with Crippen molar-refractivity contribution in [2.75, 3.05) is 10.0 Å². The van der Waals surface area contributed by atoms with Crippen LogP contribution in [0.2, 0.25) is 5.02 Å². The first-order valence-corrected chi connectivity index (χ1v) is 11.4. The second kappa shape index (κ2) is 11.7. The Morgan fingerprint density at radius 3 is 2.47 bits per heavy atom. The number of aromatic nitrogens is 1. The number of carbonyl (C=O) groups is 1. The van der Waals surface area contributed by atoms with Gasteiger partial charge in [0.05, 0.1) is 10.8 Å². The minimum atomic E-state index is -3.79. The molecule has 162 valence electrons. The first-order chi connectivity index (χ1) is 14.8. The molecule has 4 aromatic rings. The third-order valence-corrected chi connectivity index (χ3v) is 6.37. The van der Waals surface area contributed by atoms with Gasteiger partial charge in [-0.25, -0.2) is 17.8 Å². The Kier molecular flexibility index (Phi) is 9.55. The maximum atomic E-state index is 12.6. The van der Waals surface area contributed by atoms with Crippen molar-refractivity contribution in [2.24, 2.45) is 0 Å². The summed E-state index contributed by atoms with van der Waals surface area (Å²) < 4.78 is 39.8. The molecule has 0 saturated carbocycles. The van der Waals surface area contributed by atoms with E-state index in [2.05, 4.69) is 28.0 Å². The largest absolute Gasteiger partial charge is 2.00 e. The number of nitrogens with zero attached hydrogens (tertiary/aromatic N) is 1. The van der Waals surface area contributed by atoms with Crippen LogP contribution in [0.25, 0.3) is 10.8 Å². The molecule has 2 N–H and O–H groups in total. The standard InChI is InChI=1S/C15H12N3O3S2.C6H3ClF.U/c1-10(19)17-13-6-2-5-12-11(13)4-3-7-14(12)23(20,21)18-15-16-8-9-22-15;7-5-3-1-2-4-6(5)8;/h2-9H,1H2,(H,16,18)(H,17,19);2-4H;/q2*-1;+2. The Bertz CT molecular complexity index is 1300. The van der Waals surface area contributed by atoms with Gasteiger partial charge in [-0.15, -0.1) is 17.4 Å². The number of sulfonamides is 1. The average molecular weight is 714 g/mol. The van der Waals surface area contributed by atoms with Crippen LogP contribution in [0.1, 0.15) is 0 Å². The van der Waals surface area contributed by atoms with E-state index in [4.69, 9.17) is 11.6 Å². The molecule has 1 heterocycles. The molecule has 1 aromatic heterocycles. The van der Waals surface area contributed by atoms with Gasteiger partial charge < -0.3 is 17.0 Å². The molecule has 1 amide bonds. The van der Waals surface area contributed by atoms with E-state index in [-0.39, 0.29) is 41.0 Å². The summed E-state index contributed by atoms with van der Waals surface area (Å²) in [6, 6.07) is 16.7. The van der Waals surface area contributed by atoms with Crippen molar-refractivity contribution >= 4 is 60.5 Å². The molecule has 0 aliphatic carbocycles. The third-order valence-electron chi connectivity index (χ3n) is 3.86. The number of thiazole rings is 1. The second-order valence-corrected chi connectivity index (χ2v) is 8.94. The molecule has 0 bridgehead atoms. The van der Waals surface area contributed by atoms with Gasteiger partial charge in [-0.05, 0) is 17.2 Å². The smallest absolute Gasteiger partial charge is 0.351 e. The molecule has 0 aliphatic heterocycles. The Labute approximate surface area is 217 Å². The molecular formula is C21H15ClFN3O3S2U. The summed E-state index contributed by atoms with van der Waals surface area (Å²) in [4.78, 5) is 15.2. The van der Waals surface area contributed by atoms with Crippen LogP contribution in [-0.4, -0.2) is 19.3 Å². The fraction of sp³-hybridized carbons (Fsp3) is 0. The third kappa shape index (κ3) is 6.70. The molecule has 0 radical (unpaired) electrons. The van der Waals surface area contributed by atoms with Gasteiger partial charge >= 0.3 is 31.1 Å². The fourth-order valence-electron chi connectivity index (χ4n) is 2.61. The Morgan fingerprint density at radius 1 is 1.16 bits per heavy atom. The van der Waals surface area contributed by atoms with Crippen molar-refractivity contribution in [3.05, 3.63) is 90.0 Å². The summed E-state index contributed by atoms with van der Waals surface area (Å²) in [6.45, 7) is 3.27. The van der Waals surface area contributed by atoms with Crippen LogP contribution in [0.15, 0.2) is 71.1 Å². The van der Waals surface area contributed by atoms with E-state index in [9.17, 15) is 17.6 Å². The van der Waals surface area contributed by atoms with E-state index in [1.165, 1.54) is 41.8 Å². The van der Waals surface area contributed by atoms with Crippen molar-refractivity contribution in [1.82, 2.24) is 4.98 Å². The van der Waals surface area contributed by atoms with Gasteiger partial charge in [0.1, 0.15) is 0 Å². The Morgan fingerprint density at radius 2 is 1.88 bits per heavy atom. The van der Waals surface area contributed by atoms with Crippen molar-refractivity contribution in [3.63, 3.8) is 0 Å². The number of amides is 1. The van der Waals surface area contributed by atoms with E-state index >= 15 is 0 Å². The Hall–Kier alpha value is -2.09. The first kappa shape index (κ1) is 26.2. The minimum absolute atomic E-state index is 0. The molecule has 11 heteroatoms. The van der Waals surface area contributed by atoms with Crippen LogP contribution in [0, 0.1) is 49.9 Å². The monoisotopic (exact) mass is 713 g/mol. The molecule has 3 aromatic carbocycles. The molecule has 0 fully saturated rings. The SMILES string of the molecule is Fc1cc[c-]cc1Cl.[CH2-]C(=O)Nc1cccc2c(S(=O)(=O)Nc3nccs3)cccc12.[U+2]. The van der Waals surface area contributed by atoms with E-state index in [1.54, 1.807) is 35.7 Å². The quantitative estimate of drug-likeness (QED) is 0.287. The maximum Gasteiger partial charge on any atom is 2.00 e. The van der Waals surface area contributed by atoms with Gasteiger partial charge in [0.25, 0.3) is 10.0 Å². The predicted octanol–water partition coefficient (Wildman–Crippen LogP) is 5.15. The molecule has 0 atom stereocenters. The zero-order chi connectivity index (χ0) is 22.4. The maximum absolute atomic E-state index is 12.6. The molecule has 32 heavy (non-hydrogen) atoms. The second-order valence-electron chi connectivity index (χ2n) is 5.99. The summed E-state index contributed by atoms with van der Waals surface area (Å²) >= 11 is 6.50. The zero-order valence-electron chi connectivity index (χ0n) is 16.3. The number of carbonyl (C=O) groups excluding carboxylic acids is 1. The molecular weight excluding hydrogens is 699 g/mol. The number of rotatable bonds is 4. The van der Waals surface area contributed by atoms with Gasteiger partial charge in [-0.3, -0.25) is 4.72 Å². The van der Waals surface area contributed by atoms with Crippen LogP contribution in [0.5, 0.6) is 0 Å². The number of halogens is 2. The van der Waals surface area contributed by atoms with Gasteiger partial charge in [0.2, 0.25) is 0 Å². The number of hydrogen-bond acceptors (Lipinski definition) is 5. The molecule has 0 unspecified atom stereocenters. The summed E-state index contributed by atoms with van der Waals surface area (Å²) in [7, 11) is -3.79. The Balaban J connectivity index is 0.000000342. The molecule has 0 saturated heterocycles. The normalized spacial score (nSPS) is 10.4. The molecule has 0 aliphatic rings. The number of anilines is 2. The van der Waals surface area contributed by atoms with Crippen molar-refractivity contribution < 1.29 is 48.7 Å². The number of hydrogen-bond donors (Lipinski definition) is 2. The zero-order valence-corrected chi connectivity index (χ0v) is 22.9. The topological polar surface area (TPSA) is 88.2 Å². The summed E-state index contributed by atoms with van der Waals surface area (Å²) in [5.41, 5.74) is 0.508. The molecule has 4 rings (SSSR count). The van der Waals surface area contributed by atoms with E-state index < -0.39 is 21.7 Å². The van der Waals surface area contributed by atoms with Crippen molar-refractivity contribution in [2.45, 2.75) is 4.90 Å². The first-order valence-electron chi connectivity index (χ1n) is 8.66. The van der Waals surface area contributed by atoms with Crippen LogP contribution in [-0.2, 0) is 14.8 Å². The fourth-order valence-corrected chi connectivity index (χ4v) is 4.75. The predicted molar refractivity (Wildman–Crippen MR) is 121 cm³/mol. The van der Waals surface area contributed by atoms with Gasteiger partial charge in [0, 0.05) is 33.9 Å². The summed E-state index contributed by atoms with van der Waals surface area (Å²) in [5, 5.41) is 5.81. The average Bonchev–Trinajstić information content (AvgIpc) is 3.22. The molecule has 6 nitrogen and oxygen atoms in total. The number of benzene rings is 3. The van der Waals surface area contributed by atoms with Crippen LogP contribution >= 0.6 is 22.9 Å². The van der Waals surface area contributed by atoms with Crippen LogP contribution in [0.3, 0.4) is 0 Å².